The first-order valence-corrected chi connectivity index (χ1v) is 5.93. The van der Waals surface area contributed by atoms with Crippen molar-refractivity contribution >= 4 is 11.6 Å². The fourth-order valence-electron chi connectivity index (χ4n) is 1.57. The van der Waals surface area contributed by atoms with E-state index < -0.39 is 6.04 Å². The Hall–Kier alpha value is -1.95. The molecule has 0 saturated heterocycles. The molecule has 0 spiro atoms. The Bertz CT molecular complexity index is 423. The monoisotopic (exact) mass is 268 g/mol. The van der Waals surface area contributed by atoms with Gasteiger partial charge in [0.15, 0.2) is 11.5 Å². The molecule has 6 nitrogen and oxygen atoms in total. The second-order valence-electron chi connectivity index (χ2n) is 3.92. The number of rotatable bonds is 6. The molecule has 0 heterocycles. The summed E-state index contributed by atoms with van der Waals surface area (Å²) in [6, 6.07) is 2.77. The smallest absolute Gasteiger partial charge is 0.241 e. The normalized spacial score (nSPS) is 11.6. The first-order valence-electron chi connectivity index (χ1n) is 5.93. The van der Waals surface area contributed by atoms with Gasteiger partial charge in [-0.05, 0) is 6.42 Å². The van der Waals surface area contributed by atoms with Crippen molar-refractivity contribution in [1.82, 2.24) is 0 Å². The van der Waals surface area contributed by atoms with Gasteiger partial charge < -0.3 is 25.3 Å². The van der Waals surface area contributed by atoms with Gasteiger partial charge in [0.2, 0.25) is 11.7 Å². The lowest BCUT2D eigenvalue weighted by atomic mass is 10.2. The maximum absolute atomic E-state index is 11.7. The number of carbonyl (C=O) groups is 1. The fraction of sp³-hybridized carbons (Fsp3) is 0.462. The van der Waals surface area contributed by atoms with Crippen LogP contribution in [-0.2, 0) is 4.79 Å². The van der Waals surface area contributed by atoms with Crippen LogP contribution in [0.2, 0.25) is 0 Å². The number of benzene rings is 1. The Morgan fingerprint density at radius 1 is 1.21 bits per heavy atom. The highest BCUT2D eigenvalue weighted by molar-refractivity contribution is 5.95. The van der Waals surface area contributed by atoms with E-state index in [1.54, 1.807) is 12.1 Å². The van der Waals surface area contributed by atoms with E-state index in [9.17, 15) is 4.79 Å². The molecule has 1 atom stereocenters. The van der Waals surface area contributed by atoms with E-state index in [-0.39, 0.29) is 5.91 Å². The summed E-state index contributed by atoms with van der Waals surface area (Å²) in [4.78, 5) is 11.7. The average molecular weight is 268 g/mol. The van der Waals surface area contributed by atoms with Crippen molar-refractivity contribution in [2.45, 2.75) is 19.4 Å². The van der Waals surface area contributed by atoms with Crippen LogP contribution in [0.15, 0.2) is 12.1 Å². The van der Waals surface area contributed by atoms with Crippen LogP contribution in [-0.4, -0.2) is 33.3 Å². The topological polar surface area (TPSA) is 82.8 Å². The van der Waals surface area contributed by atoms with Crippen molar-refractivity contribution in [3.63, 3.8) is 0 Å². The average Bonchev–Trinajstić information content (AvgIpc) is 2.44. The number of nitrogens with two attached hydrogens (primary N) is 1. The lowest BCUT2D eigenvalue weighted by Crippen LogP contribution is -2.34. The molecular formula is C13H20N2O4. The standard InChI is InChI=1S/C13H20N2O4/c1-5-9(14)13(16)15-8-6-10(17-2)12(19-4)11(7-8)18-3/h6-7,9H,5,14H2,1-4H3,(H,15,16). The van der Waals surface area contributed by atoms with Crippen LogP contribution < -0.4 is 25.3 Å². The van der Waals surface area contributed by atoms with Crippen LogP contribution in [0.25, 0.3) is 0 Å². The molecule has 1 aromatic rings. The van der Waals surface area contributed by atoms with Crippen molar-refractivity contribution in [1.29, 1.82) is 0 Å². The van der Waals surface area contributed by atoms with E-state index in [2.05, 4.69) is 5.32 Å². The maximum atomic E-state index is 11.7. The van der Waals surface area contributed by atoms with Gasteiger partial charge in [0.05, 0.1) is 27.4 Å². The van der Waals surface area contributed by atoms with Gasteiger partial charge in [0.25, 0.3) is 0 Å². The molecule has 1 aromatic carbocycles. The predicted octanol–water partition coefficient (Wildman–Crippen LogP) is 1.39. The number of anilines is 1. The van der Waals surface area contributed by atoms with Crippen LogP contribution in [0, 0.1) is 0 Å². The third kappa shape index (κ3) is 3.51. The quantitative estimate of drug-likeness (QED) is 0.814. The minimum Gasteiger partial charge on any atom is -0.493 e. The molecular weight excluding hydrogens is 248 g/mol. The highest BCUT2D eigenvalue weighted by atomic mass is 16.5. The van der Waals surface area contributed by atoms with Gasteiger partial charge >= 0.3 is 0 Å². The van der Waals surface area contributed by atoms with E-state index in [1.807, 2.05) is 6.92 Å². The number of amides is 1. The lowest BCUT2D eigenvalue weighted by Gasteiger charge is -2.15. The van der Waals surface area contributed by atoms with Gasteiger partial charge in [-0.15, -0.1) is 0 Å². The molecule has 19 heavy (non-hydrogen) atoms. The third-order valence-corrected chi connectivity index (χ3v) is 2.71. The predicted molar refractivity (Wildman–Crippen MR) is 73.0 cm³/mol. The molecule has 0 aromatic heterocycles. The van der Waals surface area contributed by atoms with Crippen LogP contribution in [0.3, 0.4) is 0 Å². The molecule has 0 bridgehead atoms. The van der Waals surface area contributed by atoms with Crippen LogP contribution in [0.4, 0.5) is 5.69 Å². The Labute approximate surface area is 112 Å². The minimum atomic E-state index is -0.543. The Balaban J connectivity index is 3.06. The molecule has 1 rings (SSSR count). The van der Waals surface area contributed by atoms with Gasteiger partial charge in [-0.1, -0.05) is 6.92 Å². The first-order chi connectivity index (χ1) is 9.07. The molecule has 1 amide bonds. The first kappa shape index (κ1) is 15.1. The number of hydrogen-bond acceptors (Lipinski definition) is 5. The molecule has 0 aliphatic carbocycles. The number of carbonyl (C=O) groups excluding carboxylic acids is 1. The summed E-state index contributed by atoms with van der Waals surface area (Å²) in [5.41, 5.74) is 6.21. The number of methoxy groups -OCH3 is 3. The van der Waals surface area contributed by atoms with E-state index in [0.717, 1.165) is 0 Å². The molecule has 6 heteroatoms. The minimum absolute atomic E-state index is 0.253. The molecule has 1 unspecified atom stereocenters. The summed E-state index contributed by atoms with van der Waals surface area (Å²) in [7, 11) is 4.55. The van der Waals surface area contributed by atoms with Crippen LogP contribution in [0.5, 0.6) is 17.2 Å². The number of ether oxygens (including phenoxy) is 3. The zero-order valence-electron chi connectivity index (χ0n) is 11.6. The van der Waals surface area contributed by atoms with Crippen molar-refractivity contribution in [2.75, 3.05) is 26.6 Å². The SMILES string of the molecule is CCC(N)C(=O)Nc1cc(OC)c(OC)c(OC)c1. The summed E-state index contributed by atoms with van der Waals surface area (Å²) in [5.74, 6) is 1.17. The molecule has 0 aliphatic heterocycles. The number of hydrogen-bond donors (Lipinski definition) is 2. The molecule has 0 saturated carbocycles. The Morgan fingerprint density at radius 3 is 2.11 bits per heavy atom. The fourth-order valence-corrected chi connectivity index (χ4v) is 1.57. The van der Waals surface area contributed by atoms with Crippen molar-refractivity contribution in [3.05, 3.63) is 12.1 Å². The van der Waals surface area contributed by atoms with Gasteiger partial charge in [0.1, 0.15) is 0 Å². The van der Waals surface area contributed by atoms with Crippen molar-refractivity contribution in [3.8, 4) is 17.2 Å². The maximum Gasteiger partial charge on any atom is 0.241 e. The summed E-state index contributed by atoms with van der Waals surface area (Å²) >= 11 is 0. The zero-order chi connectivity index (χ0) is 14.4. The molecule has 0 fully saturated rings. The Morgan fingerprint density at radius 2 is 1.74 bits per heavy atom. The highest BCUT2D eigenvalue weighted by Crippen LogP contribution is 2.39. The third-order valence-electron chi connectivity index (χ3n) is 2.71. The second kappa shape index (κ2) is 6.84. The molecule has 0 aliphatic rings. The molecule has 3 N–H and O–H groups in total. The van der Waals surface area contributed by atoms with E-state index in [0.29, 0.717) is 29.4 Å². The van der Waals surface area contributed by atoms with Gasteiger partial charge in [-0.3, -0.25) is 4.79 Å². The van der Waals surface area contributed by atoms with E-state index in [4.69, 9.17) is 19.9 Å². The highest BCUT2D eigenvalue weighted by Gasteiger charge is 2.16. The van der Waals surface area contributed by atoms with Crippen molar-refractivity contribution in [2.24, 2.45) is 5.73 Å². The number of nitrogens with one attached hydrogen (secondary N) is 1. The van der Waals surface area contributed by atoms with Crippen LogP contribution >= 0.6 is 0 Å². The van der Waals surface area contributed by atoms with E-state index in [1.165, 1.54) is 21.3 Å². The summed E-state index contributed by atoms with van der Waals surface area (Å²) in [5, 5.41) is 2.71. The molecule has 106 valence electrons. The summed E-state index contributed by atoms with van der Waals surface area (Å²) in [6.07, 6.45) is 0.566. The van der Waals surface area contributed by atoms with Gasteiger partial charge in [-0.25, -0.2) is 0 Å². The summed E-state index contributed by atoms with van der Waals surface area (Å²) < 4.78 is 15.6. The van der Waals surface area contributed by atoms with Crippen molar-refractivity contribution < 1.29 is 19.0 Å². The zero-order valence-corrected chi connectivity index (χ0v) is 11.6. The second-order valence-corrected chi connectivity index (χ2v) is 3.92. The van der Waals surface area contributed by atoms with Gasteiger partial charge in [0, 0.05) is 17.8 Å². The Kier molecular flexibility index (Phi) is 5.44. The van der Waals surface area contributed by atoms with Crippen LogP contribution in [0.1, 0.15) is 13.3 Å². The largest absolute Gasteiger partial charge is 0.493 e. The van der Waals surface area contributed by atoms with E-state index >= 15 is 0 Å². The van der Waals surface area contributed by atoms with Gasteiger partial charge in [-0.2, -0.15) is 0 Å². The summed E-state index contributed by atoms with van der Waals surface area (Å²) in [6.45, 7) is 1.85. The molecule has 0 radical (unpaired) electrons. The lowest BCUT2D eigenvalue weighted by molar-refractivity contribution is -0.117.